The quantitative estimate of drug-likeness (QED) is 0.654. The van der Waals surface area contributed by atoms with Gasteiger partial charge < -0.3 is 10.6 Å². The minimum Gasteiger partial charge on any atom is -0.380 e. The number of non-ortho nitro benzene ring substituents is 1. The third-order valence-electron chi connectivity index (χ3n) is 3.08. The first kappa shape index (κ1) is 15.8. The summed E-state index contributed by atoms with van der Waals surface area (Å²) >= 11 is 5.91. The lowest BCUT2D eigenvalue weighted by Crippen LogP contribution is -2.19. The second-order valence-corrected chi connectivity index (χ2v) is 4.98. The Bertz CT molecular complexity index is 702. The molecule has 0 fully saturated rings. The van der Waals surface area contributed by atoms with E-state index in [0.717, 1.165) is 5.56 Å². The summed E-state index contributed by atoms with van der Waals surface area (Å²) in [6.07, 6.45) is 0. The Balaban J connectivity index is 2.14. The number of hydrogen-bond acceptors (Lipinski definition) is 4. The zero-order valence-electron chi connectivity index (χ0n) is 11.8. The summed E-state index contributed by atoms with van der Waals surface area (Å²) in [6, 6.07) is 11.2. The minimum atomic E-state index is -0.444. The number of benzene rings is 2. The number of hydrogen-bond donors (Lipinski definition) is 2. The van der Waals surface area contributed by atoms with Crippen LogP contribution in [0.15, 0.2) is 42.5 Å². The predicted molar refractivity (Wildman–Crippen MR) is 85.3 cm³/mol. The highest BCUT2D eigenvalue weighted by molar-refractivity contribution is 6.31. The maximum Gasteiger partial charge on any atom is 0.269 e. The van der Waals surface area contributed by atoms with Crippen molar-refractivity contribution in [2.45, 2.75) is 6.54 Å². The number of nitro benzene ring substituents is 1. The Morgan fingerprint density at radius 1 is 1.23 bits per heavy atom. The largest absolute Gasteiger partial charge is 0.380 e. The zero-order valence-corrected chi connectivity index (χ0v) is 12.6. The van der Waals surface area contributed by atoms with Crippen molar-refractivity contribution in [1.29, 1.82) is 0 Å². The van der Waals surface area contributed by atoms with Crippen LogP contribution >= 0.6 is 11.6 Å². The van der Waals surface area contributed by atoms with E-state index in [4.69, 9.17) is 11.6 Å². The molecule has 6 nitrogen and oxygen atoms in total. The SMILES string of the molecule is CNC(=O)c1cc(Cl)ccc1NCc1ccc([N+](=O)[O-])cc1. The van der Waals surface area contributed by atoms with Crippen LogP contribution in [0.1, 0.15) is 15.9 Å². The van der Waals surface area contributed by atoms with Gasteiger partial charge in [0.15, 0.2) is 0 Å². The molecular weight excluding hydrogens is 306 g/mol. The summed E-state index contributed by atoms with van der Waals surface area (Å²) in [4.78, 5) is 22.0. The fourth-order valence-electron chi connectivity index (χ4n) is 1.93. The molecule has 0 aromatic heterocycles. The third-order valence-corrected chi connectivity index (χ3v) is 3.32. The van der Waals surface area contributed by atoms with Crippen LogP contribution < -0.4 is 10.6 Å². The van der Waals surface area contributed by atoms with Gasteiger partial charge in [0.1, 0.15) is 0 Å². The van der Waals surface area contributed by atoms with E-state index in [-0.39, 0.29) is 11.6 Å². The van der Waals surface area contributed by atoms with Crippen LogP contribution in [0.2, 0.25) is 5.02 Å². The number of rotatable bonds is 5. The van der Waals surface area contributed by atoms with Crippen LogP contribution in [0.5, 0.6) is 0 Å². The maximum atomic E-state index is 11.8. The van der Waals surface area contributed by atoms with Crippen LogP contribution in [0.25, 0.3) is 0 Å². The molecule has 7 heteroatoms. The Morgan fingerprint density at radius 3 is 2.50 bits per heavy atom. The number of amides is 1. The second kappa shape index (κ2) is 6.91. The molecule has 0 bridgehead atoms. The van der Waals surface area contributed by atoms with Gasteiger partial charge >= 0.3 is 0 Å². The molecule has 0 atom stereocenters. The number of halogens is 1. The molecule has 0 aliphatic carbocycles. The van der Waals surface area contributed by atoms with E-state index in [1.165, 1.54) is 12.1 Å². The van der Waals surface area contributed by atoms with Gasteiger partial charge in [-0.05, 0) is 23.8 Å². The van der Waals surface area contributed by atoms with Crippen LogP contribution in [-0.4, -0.2) is 17.9 Å². The van der Waals surface area contributed by atoms with Gasteiger partial charge in [0.05, 0.1) is 10.5 Å². The molecule has 114 valence electrons. The first-order valence-electron chi connectivity index (χ1n) is 6.50. The molecule has 2 rings (SSSR count). The second-order valence-electron chi connectivity index (χ2n) is 4.55. The van der Waals surface area contributed by atoms with Crippen molar-refractivity contribution < 1.29 is 9.72 Å². The van der Waals surface area contributed by atoms with E-state index in [1.807, 2.05) is 0 Å². The van der Waals surface area contributed by atoms with E-state index in [0.29, 0.717) is 22.8 Å². The van der Waals surface area contributed by atoms with Crippen molar-refractivity contribution >= 4 is 28.9 Å². The molecule has 2 aromatic carbocycles. The molecule has 0 aliphatic heterocycles. The van der Waals surface area contributed by atoms with Gasteiger partial charge in [0, 0.05) is 36.4 Å². The fraction of sp³-hybridized carbons (Fsp3) is 0.133. The normalized spacial score (nSPS) is 10.1. The van der Waals surface area contributed by atoms with Gasteiger partial charge in [-0.1, -0.05) is 23.7 Å². The summed E-state index contributed by atoms with van der Waals surface area (Å²) in [7, 11) is 1.54. The lowest BCUT2D eigenvalue weighted by atomic mass is 10.1. The van der Waals surface area contributed by atoms with E-state index in [1.54, 1.807) is 37.4 Å². The van der Waals surface area contributed by atoms with Crippen LogP contribution in [0, 0.1) is 10.1 Å². The van der Waals surface area contributed by atoms with Crippen molar-refractivity contribution in [3.05, 3.63) is 68.7 Å². The predicted octanol–water partition coefficient (Wildman–Crippen LogP) is 3.22. The van der Waals surface area contributed by atoms with Crippen molar-refractivity contribution in [3.8, 4) is 0 Å². The lowest BCUT2D eigenvalue weighted by molar-refractivity contribution is -0.384. The molecular formula is C15H14ClN3O3. The highest BCUT2D eigenvalue weighted by Gasteiger charge is 2.11. The molecule has 22 heavy (non-hydrogen) atoms. The van der Waals surface area contributed by atoms with Crippen molar-refractivity contribution in [2.75, 3.05) is 12.4 Å². The summed E-state index contributed by atoms with van der Waals surface area (Å²) in [5.41, 5.74) is 1.99. The molecule has 2 N–H and O–H groups in total. The Hall–Kier alpha value is -2.60. The molecule has 0 heterocycles. The van der Waals surface area contributed by atoms with Crippen LogP contribution in [0.3, 0.4) is 0 Å². The van der Waals surface area contributed by atoms with Gasteiger partial charge in [-0.2, -0.15) is 0 Å². The van der Waals surface area contributed by atoms with E-state index >= 15 is 0 Å². The summed E-state index contributed by atoms with van der Waals surface area (Å²) in [5.74, 6) is -0.242. The number of nitrogens with zero attached hydrogens (tertiary/aromatic N) is 1. The average molecular weight is 320 g/mol. The summed E-state index contributed by atoms with van der Waals surface area (Å²) < 4.78 is 0. The van der Waals surface area contributed by atoms with Gasteiger partial charge in [-0.15, -0.1) is 0 Å². The molecule has 0 unspecified atom stereocenters. The Kier molecular flexibility index (Phi) is 4.95. The fourth-order valence-corrected chi connectivity index (χ4v) is 2.10. The average Bonchev–Trinajstić information content (AvgIpc) is 2.53. The summed E-state index contributed by atoms with van der Waals surface area (Å²) in [6.45, 7) is 0.434. The standard InChI is InChI=1S/C15H14ClN3O3/c1-17-15(20)13-8-11(16)4-7-14(13)18-9-10-2-5-12(6-3-10)19(21)22/h2-8,18H,9H2,1H3,(H,17,20). The van der Waals surface area contributed by atoms with Crippen molar-refractivity contribution in [1.82, 2.24) is 5.32 Å². The molecule has 0 saturated heterocycles. The molecule has 0 aliphatic rings. The van der Waals surface area contributed by atoms with Gasteiger partial charge in [0.2, 0.25) is 0 Å². The molecule has 0 radical (unpaired) electrons. The monoisotopic (exact) mass is 319 g/mol. The first-order valence-corrected chi connectivity index (χ1v) is 6.88. The topological polar surface area (TPSA) is 84.3 Å². The van der Waals surface area contributed by atoms with Gasteiger partial charge in [0.25, 0.3) is 11.6 Å². The van der Waals surface area contributed by atoms with E-state index < -0.39 is 4.92 Å². The molecule has 1 amide bonds. The highest BCUT2D eigenvalue weighted by atomic mass is 35.5. The smallest absolute Gasteiger partial charge is 0.269 e. The number of nitrogens with one attached hydrogen (secondary N) is 2. The zero-order chi connectivity index (χ0) is 16.1. The maximum absolute atomic E-state index is 11.8. The van der Waals surface area contributed by atoms with Crippen LogP contribution in [0.4, 0.5) is 11.4 Å². The molecule has 0 spiro atoms. The lowest BCUT2D eigenvalue weighted by Gasteiger charge is -2.11. The van der Waals surface area contributed by atoms with Gasteiger partial charge in [-0.3, -0.25) is 14.9 Å². The number of nitro groups is 1. The van der Waals surface area contributed by atoms with E-state index in [2.05, 4.69) is 10.6 Å². The first-order chi connectivity index (χ1) is 10.5. The molecule has 0 saturated carbocycles. The Labute approximate surface area is 132 Å². The number of carbonyl (C=O) groups excluding carboxylic acids is 1. The summed E-state index contributed by atoms with van der Waals surface area (Å²) in [5, 5.41) is 16.8. The third kappa shape index (κ3) is 3.73. The van der Waals surface area contributed by atoms with Gasteiger partial charge in [-0.25, -0.2) is 0 Å². The number of anilines is 1. The highest BCUT2D eigenvalue weighted by Crippen LogP contribution is 2.22. The van der Waals surface area contributed by atoms with Crippen molar-refractivity contribution in [2.24, 2.45) is 0 Å². The van der Waals surface area contributed by atoms with E-state index in [9.17, 15) is 14.9 Å². The van der Waals surface area contributed by atoms with Crippen molar-refractivity contribution in [3.63, 3.8) is 0 Å². The minimum absolute atomic E-state index is 0.0429. The van der Waals surface area contributed by atoms with Crippen LogP contribution in [-0.2, 0) is 6.54 Å². The molecule has 2 aromatic rings. The Morgan fingerprint density at radius 2 is 1.91 bits per heavy atom. The number of carbonyl (C=O) groups is 1.